The fourth-order valence-corrected chi connectivity index (χ4v) is 4.71. The topological polar surface area (TPSA) is 69.6 Å². The second-order valence-corrected chi connectivity index (χ2v) is 10.5. The minimum Gasteiger partial charge on any atom is -0.394 e. The highest BCUT2D eigenvalue weighted by Gasteiger charge is 2.19. The summed E-state index contributed by atoms with van der Waals surface area (Å²) in [4.78, 5) is 12.2. The monoisotopic (exact) mass is 483 g/mol. The van der Waals surface area contributed by atoms with Gasteiger partial charge in [-0.2, -0.15) is 0 Å². The summed E-state index contributed by atoms with van der Waals surface area (Å²) in [6.45, 7) is 4.29. The van der Waals surface area contributed by atoms with E-state index in [-0.39, 0.29) is 12.5 Å². The number of nitrogens with one attached hydrogen (secondary N) is 1. The molecule has 2 unspecified atom stereocenters. The number of hydrogen-bond acceptors (Lipinski definition) is 3. The molecule has 0 aliphatic rings. The lowest BCUT2D eigenvalue weighted by Gasteiger charge is -2.22. The van der Waals surface area contributed by atoms with Crippen LogP contribution in [0.4, 0.5) is 0 Å². The van der Waals surface area contributed by atoms with E-state index in [1.54, 1.807) is 0 Å². The fourth-order valence-electron chi connectivity index (χ4n) is 4.71. The Morgan fingerprint density at radius 3 is 1.32 bits per heavy atom. The van der Waals surface area contributed by atoms with Crippen LogP contribution in [0, 0.1) is 0 Å². The molecule has 0 aromatic heterocycles. The molecule has 0 aromatic rings. The van der Waals surface area contributed by atoms with Gasteiger partial charge >= 0.3 is 0 Å². The molecule has 4 nitrogen and oxygen atoms in total. The van der Waals surface area contributed by atoms with Crippen LogP contribution in [0.3, 0.4) is 0 Å². The second kappa shape index (κ2) is 27.0. The van der Waals surface area contributed by atoms with E-state index in [2.05, 4.69) is 19.2 Å². The molecule has 4 heteroatoms. The lowest BCUT2D eigenvalue weighted by molar-refractivity contribution is -0.123. The Bertz CT molecular complexity index is 416. The minimum absolute atomic E-state index is 0.0357. The van der Waals surface area contributed by atoms with Crippen LogP contribution in [-0.4, -0.2) is 34.9 Å². The standard InChI is InChI=1S/C30H61NO3/c1-3-5-7-9-11-12-13-14-15-16-17-18-19-20-22-24-26-30(34)31-28(27-32)29(33)25-23-21-10-8-6-4-2/h28-29,32-33H,3-27H2,1-2H3,(H,31,34). The lowest BCUT2D eigenvalue weighted by Crippen LogP contribution is -2.45. The Morgan fingerprint density at radius 1 is 0.588 bits per heavy atom. The zero-order valence-electron chi connectivity index (χ0n) is 23.1. The van der Waals surface area contributed by atoms with Crippen LogP contribution in [0.15, 0.2) is 0 Å². The third-order valence-electron chi connectivity index (χ3n) is 7.12. The van der Waals surface area contributed by atoms with Crippen LogP contribution in [-0.2, 0) is 4.79 Å². The number of carbonyl (C=O) groups is 1. The maximum Gasteiger partial charge on any atom is 0.220 e. The molecular weight excluding hydrogens is 422 g/mol. The molecule has 0 aromatic carbocycles. The summed E-state index contributed by atoms with van der Waals surface area (Å²) in [5.41, 5.74) is 0. The first-order valence-electron chi connectivity index (χ1n) is 15.2. The van der Waals surface area contributed by atoms with Crippen molar-refractivity contribution in [1.82, 2.24) is 5.32 Å². The zero-order chi connectivity index (χ0) is 25.1. The van der Waals surface area contributed by atoms with Crippen molar-refractivity contribution in [3.8, 4) is 0 Å². The third kappa shape index (κ3) is 23.1. The maximum absolute atomic E-state index is 12.2. The number of carbonyl (C=O) groups excluding carboxylic acids is 1. The van der Waals surface area contributed by atoms with E-state index in [0.717, 1.165) is 25.7 Å². The van der Waals surface area contributed by atoms with Gasteiger partial charge < -0.3 is 15.5 Å². The Balaban J connectivity index is 3.49. The summed E-state index contributed by atoms with van der Waals surface area (Å²) in [5.74, 6) is -0.0357. The summed E-state index contributed by atoms with van der Waals surface area (Å²) in [6.07, 6.45) is 28.7. The van der Waals surface area contributed by atoms with Crippen LogP contribution < -0.4 is 5.32 Å². The first-order chi connectivity index (χ1) is 16.7. The molecule has 3 N–H and O–H groups in total. The van der Waals surface area contributed by atoms with Crippen molar-refractivity contribution in [2.24, 2.45) is 0 Å². The van der Waals surface area contributed by atoms with Crippen LogP contribution in [0.25, 0.3) is 0 Å². The SMILES string of the molecule is CCCCCCCCCCCCCCCCCCC(=O)NC(CO)C(O)CCCCCCCC. The van der Waals surface area contributed by atoms with E-state index in [9.17, 15) is 15.0 Å². The van der Waals surface area contributed by atoms with Crippen LogP contribution >= 0.6 is 0 Å². The van der Waals surface area contributed by atoms with Crippen molar-refractivity contribution >= 4 is 5.91 Å². The molecule has 0 saturated heterocycles. The highest BCUT2D eigenvalue weighted by molar-refractivity contribution is 5.76. The van der Waals surface area contributed by atoms with E-state index in [1.807, 2.05) is 0 Å². The van der Waals surface area contributed by atoms with Crippen LogP contribution in [0.1, 0.15) is 168 Å². The molecular formula is C30H61NO3. The average molecular weight is 484 g/mol. The average Bonchev–Trinajstić information content (AvgIpc) is 2.84. The van der Waals surface area contributed by atoms with Gasteiger partial charge in [0.2, 0.25) is 5.91 Å². The molecule has 0 heterocycles. The van der Waals surface area contributed by atoms with Gasteiger partial charge in [0, 0.05) is 6.42 Å². The largest absolute Gasteiger partial charge is 0.394 e. The predicted molar refractivity (Wildman–Crippen MR) is 147 cm³/mol. The first kappa shape index (κ1) is 33.4. The molecule has 1 amide bonds. The molecule has 0 rings (SSSR count). The van der Waals surface area contributed by atoms with Gasteiger partial charge in [0.05, 0.1) is 18.8 Å². The molecule has 0 radical (unpaired) electrons. The molecule has 0 bridgehead atoms. The Kier molecular flexibility index (Phi) is 26.5. The van der Waals surface area contributed by atoms with E-state index >= 15 is 0 Å². The highest BCUT2D eigenvalue weighted by Crippen LogP contribution is 2.14. The van der Waals surface area contributed by atoms with Gasteiger partial charge in [-0.25, -0.2) is 0 Å². The Labute approximate surface area is 213 Å². The molecule has 2 atom stereocenters. The van der Waals surface area contributed by atoms with E-state index < -0.39 is 12.1 Å². The van der Waals surface area contributed by atoms with Gasteiger partial charge in [-0.15, -0.1) is 0 Å². The molecule has 0 aliphatic carbocycles. The van der Waals surface area contributed by atoms with Crippen molar-refractivity contribution in [3.63, 3.8) is 0 Å². The summed E-state index contributed by atoms with van der Waals surface area (Å²) in [6, 6.07) is -0.524. The van der Waals surface area contributed by atoms with Gasteiger partial charge in [-0.1, -0.05) is 149 Å². The van der Waals surface area contributed by atoms with Crippen molar-refractivity contribution in [3.05, 3.63) is 0 Å². The van der Waals surface area contributed by atoms with Crippen molar-refractivity contribution in [2.75, 3.05) is 6.61 Å². The summed E-state index contributed by atoms with van der Waals surface area (Å²) < 4.78 is 0. The summed E-state index contributed by atoms with van der Waals surface area (Å²) in [5, 5.41) is 22.7. The van der Waals surface area contributed by atoms with Gasteiger partial charge in [0.15, 0.2) is 0 Å². The molecule has 0 saturated carbocycles. The van der Waals surface area contributed by atoms with Gasteiger partial charge in [-0.05, 0) is 12.8 Å². The van der Waals surface area contributed by atoms with Crippen LogP contribution in [0.2, 0.25) is 0 Å². The minimum atomic E-state index is -0.647. The number of rotatable bonds is 27. The Hall–Kier alpha value is -0.610. The van der Waals surface area contributed by atoms with Crippen molar-refractivity contribution < 1.29 is 15.0 Å². The van der Waals surface area contributed by atoms with Gasteiger partial charge in [0.25, 0.3) is 0 Å². The zero-order valence-corrected chi connectivity index (χ0v) is 23.1. The Morgan fingerprint density at radius 2 is 0.941 bits per heavy atom. The first-order valence-corrected chi connectivity index (χ1v) is 15.2. The van der Waals surface area contributed by atoms with Crippen LogP contribution in [0.5, 0.6) is 0 Å². The highest BCUT2D eigenvalue weighted by atomic mass is 16.3. The van der Waals surface area contributed by atoms with E-state index in [1.165, 1.54) is 116 Å². The summed E-state index contributed by atoms with van der Waals surface area (Å²) in [7, 11) is 0. The fraction of sp³-hybridized carbons (Fsp3) is 0.967. The predicted octanol–water partition coefficient (Wildman–Crippen LogP) is 8.23. The molecule has 0 fully saturated rings. The second-order valence-electron chi connectivity index (χ2n) is 10.5. The normalized spacial score (nSPS) is 13.2. The van der Waals surface area contributed by atoms with Crippen molar-refractivity contribution in [2.45, 2.75) is 180 Å². The molecule has 34 heavy (non-hydrogen) atoms. The maximum atomic E-state index is 12.2. The van der Waals surface area contributed by atoms with E-state index in [0.29, 0.717) is 12.8 Å². The van der Waals surface area contributed by atoms with Gasteiger partial charge in [0.1, 0.15) is 0 Å². The lowest BCUT2D eigenvalue weighted by atomic mass is 10.0. The van der Waals surface area contributed by atoms with Gasteiger partial charge in [-0.3, -0.25) is 4.79 Å². The third-order valence-corrected chi connectivity index (χ3v) is 7.12. The number of amides is 1. The number of aliphatic hydroxyl groups is 2. The summed E-state index contributed by atoms with van der Waals surface area (Å²) >= 11 is 0. The number of unbranched alkanes of at least 4 members (excludes halogenated alkanes) is 20. The van der Waals surface area contributed by atoms with Crippen molar-refractivity contribution in [1.29, 1.82) is 0 Å². The number of hydrogen-bond donors (Lipinski definition) is 3. The molecule has 0 aliphatic heterocycles. The smallest absolute Gasteiger partial charge is 0.220 e. The number of aliphatic hydroxyl groups excluding tert-OH is 2. The van der Waals surface area contributed by atoms with E-state index in [4.69, 9.17) is 0 Å². The quantitative estimate of drug-likeness (QED) is 0.103. The molecule has 204 valence electrons. The molecule has 0 spiro atoms.